The van der Waals surface area contributed by atoms with Crippen molar-refractivity contribution < 1.29 is 23.6 Å². The molecule has 2 aromatic carbocycles. The summed E-state index contributed by atoms with van der Waals surface area (Å²) in [6, 6.07) is 10.2. The Labute approximate surface area is 159 Å². The number of non-ortho nitro benzene ring substituents is 1. The predicted molar refractivity (Wildman–Crippen MR) is 101 cm³/mol. The highest BCUT2D eigenvalue weighted by Gasteiger charge is 2.14. The van der Waals surface area contributed by atoms with Crippen LogP contribution in [-0.2, 0) is 11.2 Å². The first-order valence-corrected chi connectivity index (χ1v) is 8.52. The monoisotopic (exact) mass is 383 g/mol. The molecule has 144 valence electrons. The van der Waals surface area contributed by atoms with Crippen molar-refractivity contribution >= 4 is 22.6 Å². The van der Waals surface area contributed by atoms with E-state index in [1.54, 1.807) is 6.92 Å². The molecule has 0 aliphatic carbocycles. The third-order valence-corrected chi connectivity index (χ3v) is 4.12. The number of aryl methyl sites for hydroxylation is 2. The Balaban J connectivity index is 1.78. The molecule has 0 saturated carbocycles. The molecular formula is C20H17NO7. The maximum atomic E-state index is 12.2. The van der Waals surface area contributed by atoms with Crippen molar-refractivity contribution in [3.05, 3.63) is 74.1 Å². The minimum Gasteiger partial charge on any atom is -0.482 e. The smallest absolute Gasteiger partial charge is 0.349 e. The minimum atomic E-state index is -0.685. The number of nitro benzene ring substituents is 1. The summed E-state index contributed by atoms with van der Waals surface area (Å²) in [5, 5.41) is 11.6. The lowest BCUT2D eigenvalue weighted by Gasteiger charge is -2.11. The van der Waals surface area contributed by atoms with E-state index in [1.165, 1.54) is 36.4 Å². The van der Waals surface area contributed by atoms with Crippen LogP contribution in [-0.4, -0.2) is 17.5 Å². The van der Waals surface area contributed by atoms with E-state index >= 15 is 0 Å². The lowest BCUT2D eigenvalue weighted by molar-refractivity contribution is -0.384. The number of nitrogens with zero attached hydrogens (tertiary/aromatic N) is 1. The fourth-order valence-corrected chi connectivity index (χ4v) is 2.74. The van der Waals surface area contributed by atoms with E-state index in [1.807, 2.05) is 13.0 Å². The molecule has 8 nitrogen and oxygen atoms in total. The van der Waals surface area contributed by atoms with Gasteiger partial charge in [0.15, 0.2) is 6.61 Å². The van der Waals surface area contributed by atoms with Crippen LogP contribution in [0.4, 0.5) is 5.69 Å². The Morgan fingerprint density at radius 3 is 2.71 bits per heavy atom. The first kappa shape index (κ1) is 19.1. The Hall–Kier alpha value is -3.68. The molecule has 0 aliphatic heterocycles. The lowest BCUT2D eigenvalue weighted by atomic mass is 10.1. The molecule has 0 saturated heterocycles. The van der Waals surface area contributed by atoms with Gasteiger partial charge in [0.05, 0.1) is 11.0 Å². The molecule has 0 atom stereocenters. The standard InChI is InChI=1S/C20H17NO7/c1-3-13-8-16-12(2)7-19(22)28-18(16)10-17(13)27-20(23)11-26-15-6-4-5-14(9-15)21(24)25/h4-10H,3,11H2,1-2H3. The maximum Gasteiger partial charge on any atom is 0.349 e. The second-order valence-corrected chi connectivity index (χ2v) is 6.08. The van der Waals surface area contributed by atoms with Crippen molar-refractivity contribution in [1.82, 2.24) is 0 Å². The van der Waals surface area contributed by atoms with Gasteiger partial charge in [-0.2, -0.15) is 0 Å². The number of carbonyl (C=O) groups is 1. The van der Waals surface area contributed by atoms with Gasteiger partial charge in [-0.15, -0.1) is 0 Å². The van der Waals surface area contributed by atoms with Crippen LogP contribution in [0.3, 0.4) is 0 Å². The number of benzene rings is 2. The molecule has 0 aliphatic rings. The van der Waals surface area contributed by atoms with Crippen LogP contribution in [0.5, 0.6) is 11.5 Å². The molecule has 0 amide bonds. The third-order valence-electron chi connectivity index (χ3n) is 4.12. The molecular weight excluding hydrogens is 366 g/mol. The van der Waals surface area contributed by atoms with Crippen LogP contribution >= 0.6 is 0 Å². The number of esters is 1. The topological polar surface area (TPSA) is 109 Å². The fourth-order valence-electron chi connectivity index (χ4n) is 2.74. The minimum absolute atomic E-state index is 0.140. The zero-order chi connectivity index (χ0) is 20.3. The number of rotatable bonds is 6. The van der Waals surface area contributed by atoms with Crippen molar-refractivity contribution in [3.8, 4) is 11.5 Å². The largest absolute Gasteiger partial charge is 0.482 e. The number of ether oxygens (including phenoxy) is 2. The van der Waals surface area contributed by atoms with E-state index in [0.717, 1.165) is 16.5 Å². The van der Waals surface area contributed by atoms with Crippen molar-refractivity contribution in [2.24, 2.45) is 0 Å². The molecule has 0 N–H and O–H groups in total. The van der Waals surface area contributed by atoms with E-state index in [0.29, 0.717) is 12.0 Å². The Bertz CT molecular complexity index is 1120. The van der Waals surface area contributed by atoms with Crippen molar-refractivity contribution in [1.29, 1.82) is 0 Å². The zero-order valence-electron chi connectivity index (χ0n) is 15.3. The summed E-state index contributed by atoms with van der Waals surface area (Å²) in [5.41, 5.74) is 1.24. The van der Waals surface area contributed by atoms with Crippen molar-refractivity contribution in [2.45, 2.75) is 20.3 Å². The second-order valence-electron chi connectivity index (χ2n) is 6.08. The molecule has 8 heteroatoms. The van der Waals surface area contributed by atoms with Gasteiger partial charge in [0.1, 0.15) is 17.1 Å². The average molecular weight is 383 g/mol. The number of fused-ring (bicyclic) bond motifs is 1. The molecule has 3 aromatic rings. The van der Waals surface area contributed by atoms with Crippen LogP contribution in [0.15, 0.2) is 51.7 Å². The van der Waals surface area contributed by atoms with Crippen molar-refractivity contribution in [2.75, 3.05) is 6.61 Å². The van der Waals surface area contributed by atoms with Gasteiger partial charge in [0.2, 0.25) is 0 Å². The molecule has 0 fully saturated rings. The summed E-state index contributed by atoms with van der Waals surface area (Å²) >= 11 is 0. The highest BCUT2D eigenvalue weighted by molar-refractivity contribution is 5.84. The SMILES string of the molecule is CCc1cc2c(C)cc(=O)oc2cc1OC(=O)COc1cccc([N+](=O)[O-])c1. The van der Waals surface area contributed by atoms with Gasteiger partial charge in [-0.05, 0) is 36.6 Å². The van der Waals surface area contributed by atoms with Crippen LogP contribution in [0, 0.1) is 17.0 Å². The normalized spacial score (nSPS) is 10.6. The molecule has 0 radical (unpaired) electrons. The fraction of sp³-hybridized carbons (Fsp3) is 0.200. The second kappa shape index (κ2) is 7.91. The number of hydrogen-bond acceptors (Lipinski definition) is 7. The summed E-state index contributed by atoms with van der Waals surface area (Å²) in [6.07, 6.45) is 0.600. The van der Waals surface area contributed by atoms with E-state index in [2.05, 4.69) is 0 Å². The molecule has 0 unspecified atom stereocenters. The summed E-state index contributed by atoms with van der Waals surface area (Å²) in [7, 11) is 0. The molecule has 0 bridgehead atoms. The van der Waals surface area contributed by atoms with Gasteiger partial charge < -0.3 is 13.9 Å². The first-order valence-electron chi connectivity index (χ1n) is 8.52. The molecule has 3 rings (SSSR count). The maximum absolute atomic E-state index is 12.2. The lowest BCUT2D eigenvalue weighted by Crippen LogP contribution is -2.18. The van der Waals surface area contributed by atoms with Crippen molar-refractivity contribution in [3.63, 3.8) is 0 Å². The van der Waals surface area contributed by atoms with E-state index in [-0.39, 0.29) is 17.2 Å². The molecule has 1 aromatic heterocycles. The molecule has 28 heavy (non-hydrogen) atoms. The Morgan fingerprint density at radius 1 is 1.21 bits per heavy atom. The summed E-state index contributed by atoms with van der Waals surface area (Å²) in [4.78, 5) is 34.0. The van der Waals surface area contributed by atoms with Gasteiger partial charge in [-0.3, -0.25) is 10.1 Å². The van der Waals surface area contributed by atoms with Gasteiger partial charge in [-0.1, -0.05) is 13.0 Å². The van der Waals surface area contributed by atoms with E-state index < -0.39 is 23.1 Å². The van der Waals surface area contributed by atoms with Gasteiger partial charge in [0.25, 0.3) is 5.69 Å². The quantitative estimate of drug-likeness (QED) is 0.210. The molecule has 0 spiro atoms. The van der Waals surface area contributed by atoms with Crippen LogP contribution in [0.25, 0.3) is 11.0 Å². The number of nitro groups is 1. The van der Waals surface area contributed by atoms with Gasteiger partial charge in [-0.25, -0.2) is 9.59 Å². The first-order chi connectivity index (χ1) is 13.4. The van der Waals surface area contributed by atoms with E-state index in [9.17, 15) is 19.7 Å². The summed E-state index contributed by atoms with van der Waals surface area (Å²) in [5.74, 6) is -0.228. The Morgan fingerprint density at radius 2 is 2.00 bits per heavy atom. The predicted octanol–water partition coefficient (Wildman–Crippen LogP) is 3.56. The van der Waals surface area contributed by atoms with Gasteiger partial charge >= 0.3 is 11.6 Å². The van der Waals surface area contributed by atoms with Gasteiger partial charge in [0, 0.05) is 23.6 Å². The molecule has 1 heterocycles. The number of carbonyl (C=O) groups excluding carboxylic acids is 1. The van der Waals surface area contributed by atoms with Crippen LogP contribution in [0.1, 0.15) is 18.1 Å². The highest BCUT2D eigenvalue weighted by Crippen LogP contribution is 2.28. The summed E-state index contributed by atoms with van der Waals surface area (Å²) in [6.45, 7) is 3.28. The van der Waals surface area contributed by atoms with E-state index in [4.69, 9.17) is 13.9 Å². The third kappa shape index (κ3) is 4.17. The summed E-state index contributed by atoms with van der Waals surface area (Å²) < 4.78 is 15.8. The van der Waals surface area contributed by atoms with Crippen LogP contribution in [0.2, 0.25) is 0 Å². The van der Waals surface area contributed by atoms with Crippen LogP contribution < -0.4 is 15.1 Å². The number of hydrogen-bond donors (Lipinski definition) is 0. The zero-order valence-corrected chi connectivity index (χ0v) is 15.3. The highest BCUT2D eigenvalue weighted by atomic mass is 16.6. The average Bonchev–Trinajstić information content (AvgIpc) is 2.66. The Kier molecular flexibility index (Phi) is 5.39.